The Morgan fingerprint density at radius 3 is 2.96 bits per heavy atom. The predicted octanol–water partition coefficient (Wildman–Crippen LogP) is 2.53. The molecule has 0 radical (unpaired) electrons. The molecule has 3 atom stereocenters. The van der Waals surface area contributed by atoms with Gasteiger partial charge in [-0.25, -0.2) is 4.68 Å². The fraction of sp³-hybridized carbons (Fsp3) is 0.400. The van der Waals surface area contributed by atoms with Crippen LogP contribution in [0.1, 0.15) is 12.5 Å². The third-order valence-electron chi connectivity index (χ3n) is 4.24. The van der Waals surface area contributed by atoms with Crippen molar-refractivity contribution >= 4 is 29.6 Å². The minimum Gasteiger partial charge on any atom is -0.343 e. The van der Waals surface area contributed by atoms with Gasteiger partial charge in [-0.1, -0.05) is 23.7 Å². The molecule has 0 spiro atoms. The molecule has 4 rings (SSSR count). The highest BCUT2D eigenvalue weighted by molar-refractivity contribution is 7.71. The summed E-state index contributed by atoms with van der Waals surface area (Å²) in [4.78, 5) is 12.0. The summed E-state index contributed by atoms with van der Waals surface area (Å²) in [7, 11) is 1.84. The lowest BCUT2D eigenvalue weighted by Gasteiger charge is -2.26. The summed E-state index contributed by atoms with van der Waals surface area (Å²) < 4.78 is 14.9. The van der Waals surface area contributed by atoms with Gasteiger partial charge in [-0.15, -0.1) is 0 Å². The van der Waals surface area contributed by atoms with Crippen LogP contribution in [0.15, 0.2) is 24.3 Å². The molecular formula is C15H14ClN3O3S. The average Bonchev–Trinajstić information content (AvgIpc) is 3.09. The van der Waals surface area contributed by atoms with Gasteiger partial charge in [-0.2, -0.15) is 5.10 Å². The average molecular weight is 352 g/mol. The lowest BCUT2D eigenvalue weighted by atomic mass is 10.0. The van der Waals surface area contributed by atoms with Crippen molar-refractivity contribution < 1.29 is 14.3 Å². The van der Waals surface area contributed by atoms with Crippen molar-refractivity contribution in [2.45, 2.75) is 24.9 Å². The third kappa shape index (κ3) is 2.35. The Balaban J connectivity index is 1.79. The Morgan fingerprint density at radius 2 is 2.17 bits per heavy atom. The number of ether oxygens (including phenoxy) is 2. The number of Topliss-reactive ketones (excluding diaryl/α,β-unsaturated/α-hetero) is 1. The van der Waals surface area contributed by atoms with Crippen LogP contribution in [0.5, 0.6) is 0 Å². The summed E-state index contributed by atoms with van der Waals surface area (Å²) >= 11 is 11.8. The van der Waals surface area contributed by atoms with E-state index in [0.29, 0.717) is 28.6 Å². The highest BCUT2D eigenvalue weighted by atomic mass is 35.5. The summed E-state index contributed by atoms with van der Waals surface area (Å²) in [5.74, 6) is 0.588. The highest BCUT2D eigenvalue weighted by Gasteiger charge is 2.45. The van der Waals surface area contributed by atoms with Gasteiger partial charge in [-0.3, -0.25) is 4.79 Å². The maximum absolute atomic E-state index is 12.0. The zero-order valence-electron chi connectivity index (χ0n) is 12.3. The Kier molecular flexibility index (Phi) is 3.60. The molecule has 120 valence electrons. The molecule has 23 heavy (non-hydrogen) atoms. The zero-order valence-corrected chi connectivity index (χ0v) is 13.9. The van der Waals surface area contributed by atoms with Crippen LogP contribution in [0, 0.1) is 4.77 Å². The number of aromatic nitrogens is 3. The molecule has 0 N–H and O–H groups in total. The van der Waals surface area contributed by atoms with Crippen LogP contribution in [0.4, 0.5) is 0 Å². The third-order valence-corrected chi connectivity index (χ3v) is 5.04. The number of halogens is 1. The SMILES string of the molecule is Cn1c(-c2ccccc2Cl)nn([C@@H]2CC(=O)[C@@H]3OC[C@@H]2O3)c1=S. The van der Waals surface area contributed by atoms with E-state index in [0.717, 1.165) is 5.56 Å². The van der Waals surface area contributed by atoms with Crippen LogP contribution in [-0.2, 0) is 21.3 Å². The number of rotatable bonds is 2. The second-order valence-electron chi connectivity index (χ2n) is 5.67. The molecule has 0 saturated carbocycles. The molecular weight excluding hydrogens is 338 g/mol. The molecule has 1 aromatic carbocycles. The van der Waals surface area contributed by atoms with Gasteiger partial charge < -0.3 is 14.0 Å². The zero-order chi connectivity index (χ0) is 16.1. The smallest absolute Gasteiger partial charge is 0.218 e. The number of carbonyl (C=O) groups excluding carboxylic acids is 1. The van der Waals surface area contributed by atoms with Crippen molar-refractivity contribution in [2.75, 3.05) is 6.61 Å². The van der Waals surface area contributed by atoms with Gasteiger partial charge in [0.15, 0.2) is 16.4 Å². The van der Waals surface area contributed by atoms with Crippen molar-refractivity contribution in [3.05, 3.63) is 34.1 Å². The fourth-order valence-corrected chi connectivity index (χ4v) is 3.50. The van der Waals surface area contributed by atoms with Gasteiger partial charge in [0.05, 0.1) is 17.7 Å². The second-order valence-corrected chi connectivity index (χ2v) is 6.44. The largest absolute Gasteiger partial charge is 0.343 e. The van der Waals surface area contributed by atoms with Crippen LogP contribution in [0.3, 0.4) is 0 Å². The Labute approximate surface area is 142 Å². The first-order chi connectivity index (χ1) is 11.1. The first-order valence-electron chi connectivity index (χ1n) is 7.26. The summed E-state index contributed by atoms with van der Waals surface area (Å²) in [6, 6.07) is 7.20. The number of fused-ring (bicyclic) bond motifs is 2. The number of benzene rings is 1. The molecule has 2 bridgehead atoms. The van der Waals surface area contributed by atoms with Crippen molar-refractivity contribution in [3.8, 4) is 11.4 Å². The highest BCUT2D eigenvalue weighted by Crippen LogP contribution is 2.34. The Hall–Kier alpha value is -1.54. The van der Waals surface area contributed by atoms with Crippen LogP contribution in [0.25, 0.3) is 11.4 Å². The van der Waals surface area contributed by atoms with E-state index in [4.69, 9.17) is 33.3 Å². The first-order valence-corrected chi connectivity index (χ1v) is 8.05. The van der Waals surface area contributed by atoms with Gasteiger partial charge in [0.25, 0.3) is 0 Å². The van der Waals surface area contributed by atoms with Crippen molar-refractivity contribution in [3.63, 3.8) is 0 Å². The lowest BCUT2D eigenvalue weighted by Crippen LogP contribution is -2.37. The minimum absolute atomic E-state index is 0.0735. The summed E-state index contributed by atoms with van der Waals surface area (Å²) in [5, 5.41) is 5.22. The van der Waals surface area contributed by atoms with E-state index < -0.39 is 6.29 Å². The molecule has 3 heterocycles. The van der Waals surface area contributed by atoms with E-state index in [9.17, 15) is 4.79 Å². The molecule has 2 aromatic rings. The predicted molar refractivity (Wildman–Crippen MR) is 85.8 cm³/mol. The summed E-state index contributed by atoms with van der Waals surface area (Å²) in [6.45, 7) is 0.376. The van der Waals surface area contributed by atoms with Crippen molar-refractivity contribution in [1.29, 1.82) is 0 Å². The maximum Gasteiger partial charge on any atom is 0.218 e. The van der Waals surface area contributed by atoms with Crippen molar-refractivity contribution in [2.24, 2.45) is 7.05 Å². The fourth-order valence-electron chi connectivity index (χ4n) is 3.02. The number of nitrogens with zero attached hydrogens (tertiary/aromatic N) is 3. The molecule has 0 unspecified atom stereocenters. The number of ketones is 1. The normalized spacial score (nSPS) is 26.7. The van der Waals surface area contributed by atoms with Gasteiger partial charge in [0, 0.05) is 19.0 Å². The minimum atomic E-state index is -0.725. The Morgan fingerprint density at radius 1 is 1.39 bits per heavy atom. The molecule has 2 aliphatic rings. The summed E-state index contributed by atoms with van der Waals surface area (Å²) in [5.41, 5.74) is 0.796. The van der Waals surface area contributed by atoms with Crippen molar-refractivity contribution in [1.82, 2.24) is 14.3 Å². The first kappa shape index (κ1) is 15.0. The van der Waals surface area contributed by atoms with Gasteiger partial charge in [0.1, 0.15) is 6.10 Å². The lowest BCUT2D eigenvalue weighted by molar-refractivity contribution is -0.156. The second kappa shape index (κ2) is 5.52. The van der Waals surface area contributed by atoms with Crippen LogP contribution in [-0.4, -0.2) is 39.1 Å². The number of hydrogen-bond donors (Lipinski definition) is 0. The van der Waals surface area contributed by atoms with Gasteiger partial charge in [-0.05, 0) is 24.4 Å². The van der Waals surface area contributed by atoms with Crippen LogP contribution in [0.2, 0.25) is 5.02 Å². The molecule has 0 aliphatic carbocycles. The molecule has 8 heteroatoms. The van der Waals surface area contributed by atoms with E-state index in [-0.39, 0.29) is 17.9 Å². The Bertz CT molecular complexity index is 847. The van der Waals surface area contributed by atoms with E-state index in [2.05, 4.69) is 5.10 Å². The van der Waals surface area contributed by atoms with Gasteiger partial charge >= 0.3 is 0 Å². The molecule has 2 saturated heterocycles. The molecule has 2 aliphatic heterocycles. The van der Waals surface area contributed by atoms with E-state index >= 15 is 0 Å². The standard InChI is InChI=1S/C15H14ClN3O3S/c1-18-13(8-4-2-3-5-9(8)16)17-19(15(18)23)10-6-11(20)14-21-7-12(10)22-14/h2-5,10,12,14H,6-7H2,1H3/t10-,12+,14-/m1/s1. The topological polar surface area (TPSA) is 58.3 Å². The summed E-state index contributed by atoms with van der Waals surface area (Å²) in [6.07, 6.45) is -0.627. The molecule has 6 nitrogen and oxygen atoms in total. The molecule has 2 fully saturated rings. The van der Waals surface area contributed by atoms with Gasteiger partial charge in [0.2, 0.25) is 6.29 Å². The maximum atomic E-state index is 12.0. The van der Waals surface area contributed by atoms with E-state index in [1.165, 1.54) is 0 Å². The molecule has 1 aromatic heterocycles. The number of carbonyl (C=O) groups is 1. The van der Waals surface area contributed by atoms with E-state index in [1.54, 1.807) is 9.25 Å². The van der Waals surface area contributed by atoms with Crippen LogP contribution >= 0.6 is 23.8 Å². The quantitative estimate of drug-likeness (QED) is 0.778. The van der Waals surface area contributed by atoms with Crippen LogP contribution < -0.4 is 0 Å². The number of hydrogen-bond acceptors (Lipinski definition) is 5. The van der Waals surface area contributed by atoms with E-state index in [1.807, 2.05) is 31.3 Å². The monoisotopic (exact) mass is 351 g/mol. The molecule has 0 amide bonds.